The summed E-state index contributed by atoms with van der Waals surface area (Å²) in [7, 11) is 0. The molecule has 0 amide bonds. The number of allylic oxidation sites excluding steroid dienone is 1. The van der Waals surface area contributed by atoms with Crippen LogP contribution in [0, 0.1) is 0 Å². The first kappa shape index (κ1) is 15.5. The van der Waals surface area contributed by atoms with Crippen LogP contribution in [-0.4, -0.2) is 12.6 Å². The summed E-state index contributed by atoms with van der Waals surface area (Å²) >= 11 is 0. The maximum atomic E-state index is 4.00. The van der Waals surface area contributed by atoms with Gasteiger partial charge in [-0.3, -0.25) is 0 Å². The Hall–Kier alpha value is -1.86. The van der Waals surface area contributed by atoms with E-state index in [1.165, 1.54) is 11.1 Å². The van der Waals surface area contributed by atoms with Gasteiger partial charge in [-0.25, -0.2) is 0 Å². The molecule has 0 unspecified atom stereocenters. The lowest BCUT2D eigenvalue weighted by Gasteiger charge is -2.35. The molecule has 1 N–H and O–H groups in total. The van der Waals surface area contributed by atoms with E-state index in [4.69, 9.17) is 0 Å². The van der Waals surface area contributed by atoms with Gasteiger partial charge in [-0.2, -0.15) is 0 Å². The zero-order chi connectivity index (χ0) is 15.1. The van der Waals surface area contributed by atoms with E-state index in [1.54, 1.807) is 0 Å². The van der Waals surface area contributed by atoms with Crippen LogP contribution >= 0.6 is 0 Å². The molecule has 21 heavy (non-hydrogen) atoms. The monoisotopic (exact) mass is 279 g/mol. The molecule has 0 aromatic heterocycles. The Balaban J connectivity index is 2.51. The molecule has 2 aromatic carbocycles. The molecule has 0 bridgehead atoms. The Kier molecular flexibility index (Phi) is 5.35. The fraction of sp³-hybridized carbons (Fsp3) is 0.300. The molecule has 110 valence electrons. The molecule has 0 aliphatic heterocycles. The van der Waals surface area contributed by atoms with Gasteiger partial charge in [0.2, 0.25) is 0 Å². The van der Waals surface area contributed by atoms with Crippen molar-refractivity contribution in [2.75, 3.05) is 6.54 Å². The first-order valence-corrected chi connectivity index (χ1v) is 7.64. The van der Waals surface area contributed by atoms with Gasteiger partial charge in [0.25, 0.3) is 0 Å². The van der Waals surface area contributed by atoms with Crippen molar-refractivity contribution < 1.29 is 0 Å². The maximum Gasteiger partial charge on any atom is 0.0361 e. The topological polar surface area (TPSA) is 12.0 Å². The molecular formula is C20H25N. The quantitative estimate of drug-likeness (QED) is 0.733. The third kappa shape index (κ3) is 3.62. The summed E-state index contributed by atoms with van der Waals surface area (Å²) in [6, 6.07) is 22.0. The second kappa shape index (κ2) is 7.24. The third-order valence-electron chi connectivity index (χ3n) is 3.96. The van der Waals surface area contributed by atoms with Gasteiger partial charge in [-0.05, 0) is 17.5 Å². The summed E-state index contributed by atoms with van der Waals surface area (Å²) < 4.78 is 0. The fourth-order valence-electron chi connectivity index (χ4n) is 2.82. The zero-order valence-corrected chi connectivity index (χ0v) is 13.0. The molecule has 0 fully saturated rings. The van der Waals surface area contributed by atoms with Crippen LogP contribution in [0.1, 0.15) is 31.4 Å². The van der Waals surface area contributed by atoms with Gasteiger partial charge in [-0.15, -0.1) is 6.58 Å². The zero-order valence-electron chi connectivity index (χ0n) is 13.0. The van der Waals surface area contributed by atoms with Crippen molar-refractivity contribution >= 4 is 0 Å². The van der Waals surface area contributed by atoms with Gasteiger partial charge in [-0.1, -0.05) is 80.6 Å². The summed E-state index contributed by atoms with van der Waals surface area (Å²) in [6.07, 6.45) is 2.95. The van der Waals surface area contributed by atoms with Gasteiger partial charge < -0.3 is 5.32 Å². The second-order valence-corrected chi connectivity index (χ2v) is 5.84. The Labute approximate surface area is 128 Å². The summed E-state index contributed by atoms with van der Waals surface area (Å²) in [5.41, 5.74) is 2.61. The average molecular weight is 279 g/mol. The first-order chi connectivity index (χ1) is 10.2. The van der Waals surface area contributed by atoms with Gasteiger partial charge in [0.15, 0.2) is 0 Å². The predicted molar refractivity (Wildman–Crippen MR) is 91.6 cm³/mol. The highest BCUT2D eigenvalue weighted by atomic mass is 14.9. The van der Waals surface area contributed by atoms with Crippen molar-refractivity contribution in [1.82, 2.24) is 5.32 Å². The van der Waals surface area contributed by atoms with E-state index in [9.17, 15) is 0 Å². The number of benzene rings is 2. The van der Waals surface area contributed by atoms with Gasteiger partial charge in [0, 0.05) is 18.0 Å². The summed E-state index contributed by atoms with van der Waals surface area (Å²) in [5, 5.41) is 3.62. The van der Waals surface area contributed by atoms with E-state index < -0.39 is 0 Å². The highest BCUT2D eigenvalue weighted by molar-refractivity contribution is 5.40. The Morgan fingerprint density at radius 3 is 1.81 bits per heavy atom. The molecule has 0 aliphatic carbocycles. The van der Waals surface area contributed by atoms with Crippen molar-refractivity contribution in [3.05, 3.63) is 84.4 Å². The van der Waals surface area contributed by atoms with Crippen LogP contribution in [-0.2, 0) is 5.41 Å². The number of hydrogen-bond acceptors (Lipinski definition) is 1. The second-order valence-electron chi connectivity index (χ2n) is 5.84. The Bertz CT molecular complexity index is 503. The van der Waals surface area contributed by atoms with Crippen LogP contribution in [0.3, 0.4) is 0 Å². The van der Waals surface area contributed by atoms with Gasteiger partial charge >= 0.3 is 0 Å². The smallest absolute Gasteiger partial charge is 0.0361 e. The van der Waals surface area contributed by atoms with E-state index >= 15 is 0 Å². The van der Waals surface area contributed by atoms with Crippen molar-refractivity contribution in [3.63, 3.8) is 0 Å². The molecule has 0 saturated heterocycles. The molecule has 2 rings (SSSR count). The van der Waals surface area contributed by atoms with E-state index in [1.807, 2.05) is 6.08 Å². The lowest BCUT2D eigenvalue weighted by Crippen LogP contribution is -2.41. The lowest BCUT2D eigenvalue weighted by atomic mass is 9.72. The molecule has 0 aliphatic rings. The van der Waals surface area contributed by atoms with Gasteiger partial charge in [0.05, 0.1) is 0 Å². The van der Waals surface area contributed by atoms with E-state index in [0.717, 1.165) is 13.0 Å². The van der Waals surface area contributed by atoms with Crippen LogP contribution in [0.15, 0.2) is 73.3 Å². The van der Waals surface area contributed by atoms with E-state index in [-0.39, 0.29) is 5.41 Å². The fourth-order valence-corrected chi connectivity index (χ4v) is 2.82. The highest BCUT2D eigenvalue weighted by Crippen LogP contribution is 2.35. The highest BCUT2D eigenvalue weighted by Gasteiger charge is 2.32. The minimum Gasteiger partial charge on any atom is -0.313 e. The molecule has 0 heterocycles. The van der Waals surface area contributed by atoms with Crippen molar-refractivity contribution in [1.29, 1.82) is 0 Å². The molecule has 0 spiro atoms. The molecule has 0 radical (unpaired) electrons. The van der Waals surface area contributed by atoms with E-state index in [0.29, 0.717) is 6.04 Å². The molecule has 0 saturated carbocycles. The van der Waals surface area contributed by atoms with Crippen LogP contribution in [0.5, 0.6) is 0 Å². The van der Waals surface area contributed by atoms with Crippen LogP contribution in [0.4, 0.5) is 0 Å². The van der Waals surface area contributed by atoms with Crippen LogP contribution < -0.4 is 5.32 Å². The standard InChI is InChI=1S/C20H25N/c1-4-15-20(16-21-17(2)3,18-11-7-5-8-12-18)19-13-9-6-10-14-19/h4-14,17,21H,1,15-16H2,2-3H3. The molecular weight excluding hydrogens is 254 g/mol. The normalized spacial score (nSPS) is 11.6. The maximum absolute atomic E-state index is 4.00. The van der Waals surface area contributed by atoms with Crippen molar-refractivity contribution in [2.24, 2.45) is 0 Å². The Morgan fingerprint density at radius 1 is 0.952 bits per heavy atom. The lowest BCUT2D eigenvalue weighted by molar-refractivity contribution is 0.441. The number of nitrogens with one attached hydrogen (secondary N) is 1. The van der Waals surface area contributed by atoms with E-state index in [2.05, 4.69) is 86.4 Å². The van der Waals surface area contributed by atoms with Gasteiger partial charge in [0.1, 0.15) is 0 Å². The van der Waals surface area contributed by atoms with Crippen LogP contribution in [0.25, 0.3) is 0 Å². The molecule has 0 atom stereocenters. The minimum absolute atomic E-state index is 0.0610. The number of rotatable bonds is 7. The van der Waals surface area contributed by atoms with Crippen LogP contribution in [0.2, 0.25) is 0 Å². The van der Waals surface area contributed by atoms with Crippen molar-refractivity contribution in [2.45, 2.75) is 31.7 Å². The first-order valence-electron chi connectivity index (χ1n) is 7.64. The molecule has 2 aromatic rings. The molecule has 1 nitrogen and oxygen atoms in total. The van der Waals surface area contributed by atoms with Crippen molar-refractivity contribution in [3.8, 4) is 0 Å². The summed E-state index contributed by atoms with van der Waals surface area (Å²) in [6.45, 7) is 9.28. The average Bonchev–Trinajstić information content (AvgIpc) is 2.53. The minimum atomic E-state index is -0.0610. The summed E-state index contributed by atoms with van der Waals surface area (Å²) in [5.74, 6) is 0. The number of hydrogen-bond donors (Lipinski definition) is 1. The predicted octanol–water partition coefficient (Wildman–Crippen LogP) is 4.55. The Morgan fingerprint density at radius 2 is 1.43 bits per heavy atom. The summed E-state index contributed by atoms with van der Waals surface area (Å²) in [4.78, 5) is 0. The SMILES string of the molecule is C=CCC(CNC(C)C)(c1ccccc1)c1ccccc1. The molecule has 1 heteroatoms. The largest absolute Gasteiger partial charge is 0.313 e. The third-order valence-corrected chi connectivity index (χ3v) is 3.96.